The van der Waals surface area contributed by atoms with Gasteiger partial charge in [-0.25, -0.2) is 0 Å². The van der Waals surface area contributed by atoms with Crippen molar-refractivity contribution in [2.45, 2.75) is 50.4 Å². The molecule has 0 spiro atoms. The topological polar surface area (TPSA) is 71.0 Å². The molecule has 0 saturated carbocycles. The molecule has 0 aliphatic carbocycles. The molecule has 0 radical (unpaired) electrons. The second kappa shape index (κ2) is 4.35. The van der Waals surface area contributed by atoms with Gasteiger partial charge < -0.3 is 25.0 Å². The van der Waals surface area contributed by atoms with Crippen molar-refractivity contribution < 1.29 is 19.7 Å². The highest BCUT2D eigenvalue weighted by atomic mass is 16.6. The van der Waals surface area contributed by atoms with Crippen LogP contribution in [0.15, 0.2) is 0 Å². The first-order valence-electron chi connectivity index (χ1n) is 5.46. The van der Waals surface area contributed by atoms with Crippen molar-refractivity contribution in [2.24, 2.45) is 0 Å². The Balaban J connectivity index is 2.03. The van der Waals surface area contributed by atoms with Crippen LogP contribution in [0.2, 0.25) is 0 Å². The Morgan fingerprint density at radius 3 is 2.73 bits per heavy atom. The Morgan fingerprint density at radius 1 is 1.53 bits per heavy atom. The van der Waals surface area contributed by atoms with Gasteiger partial charge in [0.15, 0.2) is 0 Å². The van der Waals surface area contributed by atoms with Gasteiger partial charge in [0.2, 0.25) is 0 Å². The van der Waals surface area contributed by atoms with Crippen molar-refractivity contribution in [3.05, 3.63) is 0 Å². The number of fused-ring (bicyclic) bond motifs is 1. The van der Waals surface area contributed by atoms with Crippen LogP contribution in [0.3, 0.4) is 0 Å². The van der Waals surface area contributed by atoms with E-state index in [0.29, 0.717) is 0 Å². The Kier molecular flexibility index (Phi) is 3.27. The standard InChI is InChI=1S/C10H19NO4/c1-5(2)14-10-7(4-12)15-6-3-11-8(6)9(10)13/h5-13H,3-4H2,1-2H3. The highest BCUT2D eigenvalue weighted by Crippen LogP contribution is 2.28. The number of hydrogen-bond donors (Lipinski definition) is 3. The fourth-order valence-electron chi connectivity index (χ4n) is 2.18. The molecule has 2 aliphatic heterocycles. The van der Waals surface area contributed by atoms with Crippen LogP contribution in [0.4, 0.5) is 0 Å². The number of rotatable bonds is 3. The molecule has 0 amide bonds. The van der Waals surface area contributed by atoms with Crippen molar-refractivity contribution in [3.8, 4) is 0 Å². The number of hydrogen-bond acceptors (Lipinski definition) is 5. The van der Waals surface area contributed by atoms with Crippen molar-refractivity contribution in [1.82, 2.24) is 5.32 Å². The van der Waals surface area contributed by atoms with Crippen LogP contribution in [0.25, 0.3) is 0 Å². The van der Waals surface area contributed by atoms with Crippen LogP contribution in [0.5, 0.6) is 0 Å². The predicted octanol–water partition coefficient (Wildman–Crippen LogP) is -1.13. The molecule has 2 fully saturated rings. The normalized spacial score (nSPS) is 45.0. The molecule has 0 bridgehead atoms. The molecule has 88 valence electrons. The molecule has 2 aliphatic rings. The van der Waals surface area contributed by atoms with E-state index in [1.54, 1.807) is 0 Å². The summed E-state index contributed by atoms with van der Waals surface area (Å²) in [6, 6.07) is -0.0449. The molecule has 0 aromatic carbocycles. The summed E-state index contributed by atoms with van der Waals surface area (Å²) in [5, 5.41) is 22.3. The van der Waals surface area contributed by atoms with Gasteiger partial charge in [0.05, 0.1) is 24.9 Å². The second-order valence-electron chi connectivity index (χ2n) is 4.47. The van der Waals surface area contributed by atoms with E-state index in [9.17, 15) is 10.2 Å². The summed E-state index contributed by atoms with van der Waals surface area (Å²) in [6.07, 6.45) is -1.42. The van der Waals surface area contributed by atoms with E-state index in [2.05, 4.69) is 5.32 Å². The van der Waals surface area contributed by atoms with E-state index < -0.39 is 18.3 Å². The maximum Gasteiger partial charge on any atom is 0.114 e. The smallest absolute Gasteiger partial charge is 0.114 e. The monoisotopic (exact) mass is 217 g/mol. The van der Waals surface area contributed by atoms with Crippen LogP contribution in [-0.4, -0.2) is 59.9 Å². The minimum atomic E-state index is -0.600. The second-order valence-corrected chi connectivity index (χ2v) is 4.47. The third-order valence-electron chi connectivity index (χ3n) is 2.99. The predicted molar refractivity (Wildman–Crippen MR) is 53.6 cm³/mol. The lowest BCUT2D eigenvalue weighted by Crippen LogP contribution is -2.73. The molecule has 2 rings (SSSR count). The summed E-state index contributed by atoms with van der Waals surface area (Å²) < 4.78 is 11.2. The Hall–Kier alpha value is -0.200. The lowest BCUT2D eigenvalue weighted by Gasteiger charge is -2.50. The van der Waals surface area contributed by atoms with Crippen molar-refractivity contribution in [1.29, 1.82) is 0 Å². The van der Waals surface area contributed by atoms with Gasteiger partial charge in [0, 0.05) is 6.54 Å². The first-order valence-corrected chi connectivity index (χ1v) is 5.46. The largest absolute Gasteiger partial charge is 0.394 e. The molecule has 2 heterocycles. The summed E-state index contributed by atoms with van der Waals surface area (Å²) in [4.78, 5) is 0. The maximum absolute atomic E-state index is 10.0. The average Bonchev–Trinajstić information content (AvgIpc) is 2.12. The van der Waals surface area contributed by atoms with Gasteiger partial charge in [-0.15, -0.1) is 0 Å². The first kappa shape index (κ1) is 11.3. The Labute approximate surface area is 89.4 Å². The number of ether oxygens (including phenoxy) is 2. The fourth-order valence-corrected chi connectivity index (χ4v) is 2.18. The maximum atomic E-state index is 10.0. The van der Waals surface area contributed by atoms with Crippen LogP contribution in [0.1, 0.15) is 13.8 Å². The van der Waals surface area contributed by atoms with Gasteiger partial charge >= 0.3 is 0 Å². The molecule has 5 unspecified atom stereocenters. The summed E-state index contributed by atoms with van der Waals surface area (Å²) in [6.45, 7) is 4.44. The quantitative estimate of drug-likeness (QED) is 0.558. The summed E-state index contributed by atoms with van der Waals surface area (Å²) in [7, 11) is 0. The zero-order chi connectivity index (χ0) is 11.0. The lowest BCUT2D eigenvalue weighted by atomic mass is 9.87. The molecular formula is C10H19NO4. The molecule has 0 aromatic heterocycles. The summed E-state index contributed by atoms with van der Waals surface area (Å²) >= 11 is 0. The van der Waals surface area contributed by atoms with Crippen LogP contribution >= 0.6 is 0 Å². The number of aliphatic hydroxyl groups is 2. The number of nitrogens with one attached hydrogen (secondary N) is 1. The van der Waals surface area contributed by atoms with Crippen molar-refractivity contribution >= 4 is 0 Å². The zero-order valence-corrected chi connectivity index (χ0v) is 9.09. The molecule has 3 N–H and O–H groups in total. The van der Waals surface area contributed by atoms with E-state index in [0.717, 1.165) is 6.54 Å². The van der Waals surface area contributed by atoms with E-state index in [-0.39, 0.29) is 24.9 Å². The van der Waals surface area contributed by atoms with Crippen LogP contribution in [0, 0.1) is 0 Å². The third kappa shape index (κ3) is 2.03. The van der Waals surface area contributed by atoms with Gasteiger partial charge in [0.1, 0.15) is 18.3 Å². The van der Waals surface area contributed by atoms with Crippen molar-refractivity contribution in [2.75, 3.05) is 13.2 Å². The fraction of sp³-hybridized carbons (Fsp3) is 1.00. The van der Waals surface area contributed by atoms with Gasteiger partial charge in [0.25, 0.3) is 0 Å². The molecule has 15 heavy (non-hydrogen) atoms. The van der Waals surface area contributed by atoms with Gasteiger partial charge in [-0.05, 0) is 13.8 Å². The first-order chi connectivity index (χ1) is 7.13. The SMILES string of the molecule is CC(C)OC1C(CO)OC2CNC2C1O. The minimum Gasteiger partial charge on any atom is -0.394 e. The average molecular weight is 217 g/mol. The Bertz CT molecular complexity index is 221. The molecule has 0 aromatic rings. The third-order valence-corrected chi connectivity index (χ3v) is 2.99. The van der Waals surface area contributed by atoms with Crippen LogP contribution < -0.4 is 5.32 Å². The summed E-state index contributed by atoms with van der Waals surface area (Å²) in [5.41, 5.74) is 0. The highest BCUT2D eigenvalue weighted by Gasteiger charge is 2.49. The van der Waals surface area contributed by atoms with E-state index in [1.165, 1.54) is 0 Å². The molecular weight excluding hydrogens is 198 g/mol. The van der Waals surface area contributed by atoms with Gasteiger partial charge in [-0.1, -0.05) is 0 Å². The molecule has 5 atom stereocenters. The van der Waals surface area contributed by atoms with E-state index in [4.69, 9.17) is 9.47 Å². The molecule has 5 heteroatoms. The lowest BCUT2D eigenvalue weighted by molar-refractivity contribution is -0.238. The van der Waals surface area contributed by atoms with Gasteiger partial charge in [-0.3, -0.25) is 0 Å². The van der Waals surface area contributed by atoms with E-state index >= 15 is 0 Å². The Morgan fingerprint density at radius 2 is 2.27 bits per heavy atom. The molecule has 5 nitrogen and oxygen atoms in total. The number of aliphatic hydroxyl groups excluding tert-OH is 2. The minimum absolute atomic E-state index is 0.0129. The summed E-state index contributed by atoms with van der Waals surface area (Å²) in [5.74, 6) is 0. The highest BCUT2D eigenvalue weighted by molar-refractivity contribution is 5.03. The van der Waals surface area contributed by atoms with Crippen molar-refractivity contribution in [3.63, 3.8) is 0 Å². The van der Waals surface area contributed by atoms with Gasteiger partial charge in [-0.2, -0.15) is 0 Å². The van der Waals surface area contributed by atoms with Crippen LogP contribution in [-0.2, 0) is 9.47 Å². The molecule has 2 saturated heterocycles. The van der Waals surface area contributed by atoms with E-state index in [1.807, 2.05) is 13.8 Å². The zero-order valence-electron chi connectivity index (χ0n) is 9.09.